The molecule has 3 nitrogen and oxygen atoms in total. The standard InChI is InChI=1S/C10H7ClINO2/c11-8-3-1-4-9(7-8)13(10(14)15)6-2-5-12/h1,3-4,7H,6H2,(H,14,15). The lowest BCUT2D eigenvalue weighted by molar-refractivity contribution is 0.202. The van der Waals surface area contributed by atoms with Crippen LogP contribution < -0.4 is 4.90 Å². The summed E-state index contributed by atoms with van der Waals surface area (Å²) in [6, 6.07) is 6.65. The van der Waals surface area contributed by atoms with Crippen molar-refractivity contribution in [1.82, 2.24) is 0 Å². The number of amides is 1. The van der Waals surface area contributed by atoms with Crippen LogP contribution in [0.4, 0.5) is 10.5 Å². The second kappa shape index (κ2) is 5.83. The van der Waals surface area contributed by atoms with Crippen LogP contribution in [0.2, 0.25) is 5.02 Å². The maximum Gasteiger partial charge on any atom is 0.412 e. The molecule has 0 unspecified atom stereocenters. The highest BCUT2D eigenvalue weighted by atomic mass is 127. The summed E-state index contributed by atoms with van der Waals surface area (Å²) >= 11 is 7.63. The van der Waals surface area contributed by atoms with Crippen LogP contribution in [-0.4, -0.2) is 17.7 Å². The Morgan fingerprint density at radius 2 is 2.33 bits per heavy atom. The summed E-state index contributed by atoms with van der Waals surface area (Å²) in [7, 11) is 0. The first kappa shape index (κ1) is 12.1. The van der Waals surface area contributed by atoms with Gasteiger partial charge in [0.2, 0.25) is 0 Å². The van der Waals surface area contributed by atoms with E-state index in [0.29, 0.717) is 10.7 Å². The van der Waals surface area contributed by atoms with Gasteiger partial charge in [-0.05, 0) is 22.1 Å². The van der Waals surface area contributed by atoms with Gasteiger partial charge in [-0.25, -0.2) is 4.79 Å². The number of benzene rings is 1. The van der Waals surface area contributed by atoms with Gasteiger partial charge in [0.05, 0.1) is 6.54 Å². The van der Waals surface area contributed by atoms with Crippen LogP contribution in [0.5, 0.6) is 0 Å². The minimum atomic E-state index is -1.04. The van der Waals surface area contributed by atoms with E-state index in [-0.39, 0.29) is 6.54 Å². The van der Waals surface area contributed by atoms with E-state index in [1.807, 2.05) is 22.6 Å². The molecule has 15 heavy (non-hydrogen) atoms. The van der Waals surface area contributed by atoms with Crippen molar-refractivity contribution in [3.8, 4) is 9.85 Å². The Morgan fingerprint density at radius 1 is 1.60 bits per heavy atom. The molecule has 0 atom stereocenters. The van der Waals surface area contributed by atoms with E-state index in [4.69, 9.17) is 16.7 Å². The molecule has 1 aromatic rings. The minimum Gasteiger partial charge on any atom is -0.465 e. The summed E-state index contributed by atoms with van der Waals surface area (Å²) in [5.74, 6) is 2.69. The zero-order valence-electron chi connectivity index (χ0n) is 7.58. The number of hydrogen-bond acceptors (Lipinski definition) is 1. The van der Waals surface area contributed by atoms with Gasteiger partial charge in [-0.3, -0.25) is 4.90 Å². The monoisotopic (exact) mass is 335 g/mol. The number of hydrogen-bond donors (Lipinski definition) is 1. The molecule has 0 aliphatic carbocycles. The first-order valence-electron chi connectivity index (χ1n) is 3.99. The van der Waals surface area contributed by atoms with Gasteiger partial charge in [0.1, 0.15) is 0 Å². The van der Waals surface area contributed by atoms with Crippen LogP contribution >= 0.6 is 34.2 Å². The lowest BCUT2D eigenvalue weighted by atomic mass is 10.3. The zero-order valence-corrected chi connectivity index (χ0v) is 10.5. The molecule has 1 N–H and O–H groups in total. The molecule has 0 saturated carbocycles. The summed E-state index contributed by atoms with van der Waals surface area (Å²) in [5, 5.41) is 9.46. The fraction of sp³-hybridized carbons (Fsp3) is 0.100. The summed E-state index contributed by atoms with van der Waals surface area (Å²) in [4.78, 5) is 12.1. The van der Waals surface area contributed by atoms with Crippen molar-refractivity contribution < 1.29 is 9.90 Å². The summed E-state index contributed by atoms with van der Waals surface area (Å²) in [6.07, 6.45) is -1.04. The highest BCUT2D eigenvalue weighted by molar-refractivity contribution is 14.1. The minimum absolute atomic E-state index is 0.138. The van der Waals surface area contributed by atoms with Crippen molar-refractivity contribution in [2.24, 2.45) is 0 Å². The van der Waals surface area contributed by atoms with Gasteiger partial charge in [-0.1, -0.05) is 23.6 Å². The Hall–Kier alpha value is -0.930. The van der Waals surface area contributed by atoms with Crippen molar-refractivity contribution in [2.75, 3.05) is 11.4 Å². The molecule has 1 rings (SSSR count). The smallest absolute Gasteiger partial charge is 0.412 e. The average molecular weight is 336 g/mol. The molecule has 5 heteroatoms. The van der Waals surface area contributed by atoms with E-state index in [1.165, 1.54) is 0 Å². The molecule has 0 spiro atoms. The Balaban J connectivity index is 2.97. The average Bonchev–Trinajstić information content (AvgIpc) is 2.18. The number of anilines is 1. The largest absolute Gasteiger partial charge is 0.465 e. The highest BCUT2D eigenvalue weighted by Crippen LogP contribution is 2.19. The molecule has 0 aromatic heterocycles. The van der Waals surface area contributed by atoms with Gasteiger partial charge in [0, 0.05) is 33.3 Å². The van der Waals surface area contributed by atoms with Gasteiger partial charge in [0.15, 0.2) is 0 Å². The van der Waals surface area contributed by atoms with E-state index in [0.717, 1.165) is 4.90 Å². The molecular weight excluding hydrogens is 328 g/mol. The van der Waals surface area contributed by atoms with E-state index in [1.54, 1.807) is 24.3 Å². The molecule has 0 saturated heterocycles. The first-order chi connectivity index (χ1) is 7.15. The predicted octanol–water partition coefficient (Wildman–Crippen LogP) is 3.22. The van der Waals surface area contributed by atoms with Gasteiger partial charge in [-0.15, -0.1) is 0 Å². The Morgan fingerprint density at radius 3 is 2.87 bits per heavy atom. The molecule has 0 aliphatic heterocycles. The summed E-state index contributed by atoms with van der Waals surface area (Å²) < 4.78 is 2.62. The van der Waals surface area contributed by atoms with E-state index >= 15 is 0 Å². The summed E-state index contributed by atoms with van der Waals surface area (Å²) in [6.45, 7) is 0.138. The third-order valence-electron chi connectivity index (χ3n) is 1.65. The van der Waals surface area contributed by atoms with Crippen molar-refractivity contribution >= 4 is 46.0 Å². The number of rotatable bonds is 2. The van der Waals surface area contributed by atoms with E-state index < -0.39 is 6.09 Å². The lowest BCUT2D eigenvalue weighted by Gasteiger charge is -2.16. The molecule has 1 aromatic carbocycles. The molecule has 0 aliphatic rings. The maximum absolute atomic E-state index is 10.9. The van der Waals surface area contributed by atoms with Crippen molar-refractivity contribution in [2.45, 2.75) is 0 Å². The number of nitrogens with zero attached hydrogens (tertiary/aromatic N) is 1. The van der Waals surface area contributed by atoms with Gasteiger partial charge in [-0.2, -0.15) is 0 Å². The van der Waals surface area contributed by atoms with Crippen LogP contribution in [0.15, 0.2) is 24.3 Å². The van der Waals surface area contributed by atoms with Crippen molar-refractivity contribution in [3.05, 3.63) is 29.3 Å². The Labute approximate surface area is 106 Å². The van der Waals surface area contributed by atoms with E-state index in [9.17, 15) is 4.79 Å². The van der Waals surface area contributed by atoms with Crippen LogP contribution in [0.1, 0.15) is 0 Å². The van der Waals surface area contributed by atoms with Crippen LogP contribution in [-0.2, 0) is 0 Å². The van der Waals surface area contributed by atoms with Crippen LogP contribution in [0.25, 0.3) is 0 Å². The third kappa shape index (κ3) is 3.61. The van der Waals surface area contributed by atoms with Crippen LogP contribution in [0.3, 0.4) is 0 Å². The Bertz CT molecular complexity index is 425. The second-order valence-electron chi connectivity index (χ2n) is 2.62. The molecule has 0 heterocycles. The third-order valence-corrected chi connectivity index (χ3v) is 2.27. The highest BCUT2D eigenvalue weighted by Gasteiger charge is 2.12. The molecule has 0 bridgehead atoms. The molecule has 1 amide bonds. The Kier molecular flexibility index (Phi) is 4.72. The molecule has 78 valence electrons. The van der Waals surface area contributed by atoms with Gasteiger partial charge < -0.3 is 5.11 Å². The van der Waals surface area contributed by atoms with Crippen molar-refractivity contribution in [1.29, 1.82) is 0 Å². The molecule has 0 fully saturated rings. The second-order valence-corrected chi connectivity index (χ2v) is 3.60. The zero-order chi connectivity index (χ0) is 11.3. The van der Waals surface area contributed by atoms with Crippen molar-refractivity contribution in [3.63, 3.8) is 0 Å². The lowest BCUT2D eigenvalue weighted by Crippen LogP contribution is -2.29. The van der Waals surface area contributed by atoms with E-state index in [2.05, 4.69) is 9.85 Å². The van der Waals surface area contributed by atoms with Gasteiger partial charge in [0.25, 0.3) is 0 Å². The fourth-order valence-corrected chi connectivity index (χ4v) is 1.38. The maximum atomic E-state index is 10.9. The normalized spacial score (nSPS) is 8.93. The molecular formula is C10H7ClINO2. The quantitative estimate of drug-likeness (QED) is 0.666. The fourth-order valence-electron chi connectivity index (χ4n) is 1.02. The van der Waals surface area contributed by atoms with Gasteiger partial charge >= 0.3 is 6.09 Å². The number of carboxylic acid groups (broad SMARTS) is 1. The topological polar surface area (TPSA) is 40.5 Å². The molecule has 0 radical (unpaired) electrons. The SMILES string of the molecule is O=C(O)N(CC#CI)c1cccc(Cl)c1. The predicted molar refractivity (Wildman–Crippen MR) is 68.6 cm³/mol. The number of carbonyl (C=O) groups is 1. The number of halogens is 2. The van der Waals surface area contributed by atoms with Crippen LogP contribution in [0, 0.1) is 9.85 Å². The summed E-state index contributed by atoms with van der Waals surface area (Å²) in [5.41, 5.74) is 0.522. The first-order valence-corrected chi connectivity index (χ1v) is 5.45.